The molecule has 0 spiro atoms. The van der Waals surface area contributed by atoms with Crippen LogP contribution < -0.4 is 5.73 Å². The molecular formula is C18H26N6O. The van der Waals surface area contributed by atoms with Gasteiger partial charge < -0.3 is 10.6 Å². The fourth-order valence-electron chi connectivity index (χ4n) is 3.46. The number of aryl methyl sites for hydroxylation is 2. The van der Waals surface area contributed by atoms with Gasteiger partial charge in [0.05, 0.1) is 11.9 Å². The maximum absolute atomic E-state index is 12.6. The van der Waals surface area contributed by atoms with Crippen LogP contribution in [-0.4, -0.2) is 43.6 Å². The van der Waals surface area contributed by atoms with E-state index in [0.29, 0.717) is 18.2 Å². The summed E-state index contributed by atoms with van der Waals surface area (Å²) in [5.74, 6) is 1.12. The fourth-order valence-corrected chi connectivity index (χ4v) is 3.46. The molecule has 0 saturated carbocycles. The van der Waals surface area contributed by atoms with Crippen molar-refractivity contribution >= 4 is 11.7 Å². The first-order valence-electron chi connectivity index (χ1n) is 8.85. The highest BCUT2D eigenvalue weighted by atomic mass is 16.2. The second kappa shape index (κ2) is 7.63. The van der Waals surface area contributed by atoms with E-state index in [2.05, 4.69) is 15.1 Å². The van der Waals surface area contributed by atoms with Gasteiger partial charge in [-0.15, -0.1) is 0 Å². The third-order valence-corrected chi connectivity index (χ3v) is 5.11. The molecule has 2 aromatic heterocycles. The number of carbonyl (C=O) groups excluding carboxylic acids is 1. The van der Waals surface area contributed by atoms with Crippen LogP contribution in [0.5, 0.6) is 0 Å². The summed E-state index contributed by atoms with van der Waals surface area (Å²) in [5, 5.41) is 4.24. The molecule has 7 nitrogen and oxygen atoms in total. The van der Waals surface area contributed by atoms with Crippen LogP contribution in [-0.2, 0) is 24.7 Å². The van der Waals surface area contributed by atoms with Gasteiger partial charge in [0.1, 0.15) is 5.82 Å². The molecular weight excluding hydrogens is 316 g/mol. The first-order chi connectivity index (χ1) is 12.0. The highest BCUT2D eigenvalue weighted by Crippen LogP contribution is 2.22. The van der Waals surface area contributed by atoms with Crippen LogP contribution in [0.15, 0.2) is 18.6 Å². The van der Waals surface area contributed by atoms with Crippen LogP contribution in [0, 0.1) is 12.8 Å². The Labute approximate surface area is 148 Å². The maximum Gasteiger partial charge on any atom is 0.222 e. The van der Waals surface area contributed by atoms with E-state index in [1.54, 1.807) is 12.4 Å². The van der Waals surface area contributed by atoms with Crippen LogP contribution in [0.2, 0.25) is 0 Å². The molecule has 0 bridgehead atoms. The third kappa shape index (κ3) is 4.15. The standard InChI is InChI=1S/C18H26N6O/c1-13-15(11-22-23(13)2)5-6-17(25)24-9-3-4-14(12-24)10-16-18(19)21-8-7-20-16/h7-8,11,14H,3-6,9-10,12H2,1-2H3,(H2,19,21). The number of carbonyl (C=O) groups is 1. The van der Waals surface area contributed by atoms with Crippen molar-refractivity contribution in [1.29, 1.82) is 0 Å². The van der Waals surface area contributed by atoms with Crippen molar-refractivity contribution in [2.45, 2.75) is 39.0 Å². The predicted octanol–water partition coefficient (Wildman–Crippen LogP) is 1.51. The molecule has 3 rings (SSSR count). The SMILES string of the molecule is Cc1c(CCC(=O)N2CCCC(Cc3nccnc3N)C2)cnn1C. The number of nitrogens with zero attached hydrogens (tertiary/aromatic N) is 5. The number of aromatic nitrogens is 4. The van der Waals surface area contributed by atoms with E-state index in [1.807, 2.05) is 29.7 Å². The predicted molar refractivity (Wildman–Crippen MR) is 95.7 cm³/mol. The lowest BCUT2D eigenvalue weighted by Crippen LogP contribution is -2.40. The lowest BCUT2D eigenvalue weighted by molar-refractivity contribution is -0.132. The Morgan fingerprint density at radius 2 is 2.16 bits per heavy atom. The summed E-state index contributed by atoms with van der Waals surface area (Å²) in [4.78, 5) is 23.0. The van der Waals surface area contributed by atoms with Crippen LogP contribution in [0.1, 0.15) is 36.2 Å². The molecule has 0 aromatic carbocycles. The average molecular weight is 342 g/mol. The number of anilines is 1. The summed E-state index contributed by atoms with van der Waals surface area (Å²) < 4.78 is 1.85. The monoisotopic (exact) mass is 342 g/mol. The van der Waals surface area contributed by atoms with Gasteiger partial charge in [0, 0.05) is 44.6 Å². The maximum atomic E-state index is 12.6. The highest BCUT2D eigenvalue weighted by Gasteiger charge is 2.24. The van der Waals surface area contributed by atoms with E-state index in [9.17, 15) is 4.79 Å². The number of rotatable bonds is 5. The van der Waals surface area contributed by atoms with Crippen LogP contribution in [0.4, 0.5) is 5.82 Å². The quantitative estimate of drug-likeness (QED) is 0.889. The van der Waals surface area contributed by atoms with Gasteiger partial charge in [-0.2, -0.15) is 5.10 Å². The van der Waals surface area contributed by atoms with Gasteiger partial charge in [0.25, 0.3) is 0 Å². The van der Waals surface area contributed by atoms with E-state index in [4.69, 9.17) is 5.73 Å². The molecule has 2 aromatic rings. The molecule has 1 aliphatic rings. The van der Waals surface area contributed by atoms with Gasteiger partial charge >= 0.3 is 0 Å². The first kappa shape index (κ1) is 17.4. The van der Waals surface area contributed by atoms with Gasteiger partial charge in [0.2, 0.25) is 5.91 Å². The van der Waals surface area contributed by atoms with E-state index >= 15 is 0 Å². The molecule has 1 saturated heterocycles. The third-order valence-electron chi connectivity index (χ3n) is 5.11. The number of piperidine rings is 1. The Balaban J connectivity index is 1.54. The minimum absolute atomic E-state index is 0.222. The molecule has 1 aliphatic heterocycles. The van der Waals surface area contributed by atoms with Crippen molar-refractivity contribution in [1.82, 2.24) is 24.6 Å². The van der Waals surface area contributed by atoms with Gasteiger partial charge in [-0.25, -0.2) is 4.98 Å². The number of amides is 1. The Kier molecular flexibility index (Phi) is 5.31. The molecule has 7 heteroatoms. The number of hydrogen-bond donors (Lipinski definition) is 1. The molecule has 1 atom stereocenters. The zero-order valence-corrected chi connectivity index (χ0v) is 15.0. The van der Waals surface area contributed by atoms with Crippen LogP contribution in [0.3, 0.4) is 0 Å². The first-order valence-corrected chi connectivity index (χ1v) is 8.85. The van der Waals surface area contributed by atoms with E-state index in [-0.39, 0.29) is 5.91 Å². The van der Waals surface area contributed by atoms with Gasteiger partial charge in [-0.3, -0.25) is 14.5 Å². The van der Waals surface area contributed by atoms with Crippen LogP contribution >= 0.6 is 0 Å². The Hall–Kier alpha value is -2.44. The molecule has 2 N–H and O–H groups in total. The number of nitrogen functional groups attached to an aromatic ring is 1. The number of nitrogens with two attached hydrogens (primary N) is 1. The molecule has 1 fully saturated rings. The zero-order chi connectivity index (χ0) is 17.8. The number of hydrogen-bond acceptors (Lipinski definition) is 5. The van der Waals surface area contributed by atoms with Gasteiger partial charge in [0.15, 0.2) is 0 Å². The zero-order valence-electron chi connectivity index (χ0n) is 15.0. The second-order valence-electron chi connectivity index (χ2n) is 6.82. The Morgan fingerprint density at radius 1 is 1.36 bits per heavy atom. The average Bonchev–Trinajstić information content (AvgIpc) is 2.94. The van der Waals surface area contributed by atoms with Gasteiger partial charge in [-0.1, -0.05) is 0 Å². The van der Waals surface area contributed by atoms with Crippen LogP contribution in [0.25, 0.3) is 0 Å². The van der Waals surface area contributed by atoms with Crippen molar-refractivity contribution in [3.05, 3.63) is 35.5 Å². The Morgan fingerprint density at radius 3 is 2.88 bits per heavy atom. The summed E-state index contributed by atoms with van der Waals surface area (Å²) in [6, 6.07) is 0. The van der Waals surface area contributed by atoms with Crippen molar-refractivity contribution in [2.75, 3.05) is 18.8 Å². The van der Waals surface area contributed by atoms with Crippen molar-refractivity contribution < 1.29 is 4.79 Å². The normalized spacial score (nSPS) is 17.7. The minimum Gasteiger partial charge on any atom is -0.382 e. The summed E-state index contributed by atoms with van der Waals surface area (Å²) in [6.07, 6.45) is 9.33. The van der Waals surface area contributed by atoms with E-state index in [0.717, 1.165) is 55.7 Å². The second-order valence-corrected chi connectivity index (χ2v) is 6.82. The molecule has 134 valence electrons. The summed E-state index contributed by atoms with van der Waals surface area (Å²) >= 11 is 0. The lowest BCUT2D eigenvalue weighted by Gasteiger charge is -2.33. The molecule has 25 heavy (non-hydrogen) atoms. The molecule has 1 unspecified atom stereocenters. The minimum atomic E-state index is 0.222. The van der Waals surface area contributed by atoms with E-state index in [1.165, 1.54) is 0 Å². The Bertz CT molecular complexity index is 741. The highest BCUT2D eigenvalue weighted by molar-refractivity contribution is 5.76. The van der Waals surface area contributed by atoms with Crippen molar-refractivity contribution in [2.24, 2.45) is 13.0 Å². The summed E-state index contributed by atoms with van der Waals surface area (Å²) in [7, 11) is 1.92. The smallest absolute Gasteiger partial charge is 0.222 e. The summed E-state index contributed by atoms with van der Waals surface area (Å²) in [5.41, 5.74) is 9.02. The van der Waals surface area contributed by atoms with Gasteiger partial charge in [-0.05, 0) is 44.1 Å². The van der Waals surface area contributed by atoms with Crippen molar-refractivity contribution in [3.8, 4) is 0 Å². The van der Waals surface area contributed by atoms with E-state index < -0.39 is 0 Å². The fraction of sp³-hybridized carbons (Fsp3) is 0.556. The molecule has 0 aliphatic carbocycles. The number of likely N-dealkylation sites (tertiary alicyclic amines) is 1. The topological polar surface area (TPSA) is 89.9 Å². The lowest BCUT2D eigenvalue weighted by atomic mass is 9.93. The largest absolute Gasteiger partial charge is 0.382 e. The van der Waals surface area contributed by atoms with Crippen molar-refractivity contribution in [3.63, 3.8) is 0 Å². The molecule has 0 radical (unpaired) electrons. The summed E-state index contributed by atoms with van der Waals surface area (Å²) in [6.45, 7) is 3.66. The molecule has 3 heterocycles. The molecule has 1 amide bonds.